The second-order valence-electron chi connectivity index (χ2n) is 10.5. The van der Waals surface area contributed by atoms with Crippen LogP contribution in [0.3, 0.4) is 0 Å². The van der Waals surface area contributed by atoms with E-state index in [0.717, 1.165) is 41.9 Å². The van der Waals surface area contributed by atoms with Crippen molar-refractivity contribution in [1.29, 1.82) is 0 Å². The van der Waals surface area contributed by atoms with Gasteiger partial charge in [-0.3, -0.25) is 9.00 Å². The smallest absolute Gasteiger partial charge is 0.155 e. The molecule has 5 rings (SSSR count). The molecule has 30 heavy (non-hydrogen) atoms. The molecule has 0 radical (unpaired) electrons. The van der Waals surface area contributed by atoms with Gasteiger partial charge in [0.15, 0.2) is 5.78 Å². The molecule has 2 nitrogen and oxygen atoms in total. The summed E-state index contributed by atoms with van der Waals surface area (Å²) in [6.07, 6.45) is 13.5. The molecule has 1 aromatic carbocycles. The summed E-state index contributed by atoms with van der Waals surface area (Å²) in [5, 5.41) is 0. The van der Waals surface area contributed by atoms with E-state index < -0.39 is 10.8 Å². The summed E-state index contributed by atoms with van der Waals surface area (Å²) in [7, 11) is -0.949. The van der Waals surface area contributed by atoms with Crippen LogP contribution in [0.4, 0.5) is 0 Å². The highest BCUT2D eigenvalue weighted by atomic mass is 32.2. The second kappa shape index (κ2) is 7.58. The van der Waals surface area contributed by atoms with E-state index in [4.69, 9.17) is 0 Å². The van der Waals surface area contributed by atoms with Gasteiger partial charge in [-0.1, -0.05) is 49.3 Å². The van der Waals surface area contributed by atoms with Crippen LogP contribution in [0, 0.1) is 28.6 Å². The maximum atomic E-state index is 12.8. The standard InChI is InChI=1S/C27H34O2S/c1-26-16-13-25-23(10-8-20-18-21(28)12-15-27(20,25)2)24(26)11-9-19(26)14-17-30(29)22-6-4-3-5-7-22/h3-7,14,18,23-25H,8-13,15-17H2,1-2H3/t23-,24-,25-,26+,27-,30?/m0/s1. The number of allylic oxidation sites excluding steroid dienone is 2. The highest BCUT2D eigenvalue weighted by molar-refractivity contribution is 7.85. The van der Waals surface area contributed by atoms with Gasteiger partial charge in [0.2, 0.25) is 0 Å². The summed E-state index contributed by atoms with van der Waals surface area (Å²) >= 11 is 0. The van der Waals surface area contributed by atoms with Crippen LogP contribution in [-0.2, 0) is 15.6 Å². The lowest BCUT2D eigenvalue weighted by molar-refractivity contribution is -0.117. The fourth-order valence-corrected chi connectivity index (χ4v) is 8.59. The molecule has 0 saturated heterocycles. The Morgan fingerprint density at radius 2 is 1.73 bits per heavy atom. The molecule has 0 aliphatic heterocycles. The number of benzene rings is 1. The van der Waals surface area contributed by atoms with Gasteiger partial charge >= 0.3 is 0 Å². The molecule has 160 valence electrons. The SMILES string of the molecule is C[C@]12CCC(=O)C=C1CC[C@@H]1[C@@H]2CC[C@]2(C)C(=CCS(=O)c3ccccc3)CC[C@@H]12. The van der Waals surface area contributed by atoms with Crippen LogP contribution in [0.2, 0.25) is 0 Å². The van der Waals surface area contributed by atoms with Crippen molar-refractivity contribution in [3.05, 3.63) is 53.6 Å². The topological polar surface area (TPSA) is 34.1 Å². The van der Waals surface area contributed by atoms with Crippen molar-refractivity contribution in [2.24, 2.45) is 28.6 Å². The molecule has 4 aliphatic carbocycles. The van der Waals surface area contributed by atoms with Crippen molar-refractivity contribution in [2.45, 2.75) is 70.1 Å². The van der Waals surface area contributed by atoms with Crippen LogP contribution in [0.15, 0.2) is 58.5 Å². The molecule has 0 heterocycles. The minimum absolute atomic E-state index is 0.249. The third kappa shape index (κ3) is 3.20. The van der Waals surface area contributed by atoms with E-state index in [9.17, 15) is 9.00 Å². The average Bonchev–Trinajstić information content (AvgIpc) is 3.09. The predicted molar refractivity (Wildman–Crippen MR) is 123 cm³/mol. The van der Waals surface area contributed by atoms with Crippen molar-refractivity contribution in [1.82, 2.24) is 0 Å². The first-order chi connectivity index (χ1) is 14.4. The van der Waals surface area contributed by atoms with Gasteiger partial charge in [-0.25, -0.2) is 0 Å². The van der Waals surface area contributed by atoms with Crippen molar-refractivity contribution in [3.8, 4) is 0 Å². The van der Waals surface area contributed by atoms with Gasteiger partial charge in [0.25, 0.3) is 0 Å². The molecule has 3 saturated carbocycles. The Kier molecular flexibility index (Phi) is 5.16. The number of carbonyl (C=O) groups excluding carboxylic acids is 1. The lowest BCUT2D eigenvalue weighted by atomic mass is 9.47. The summed E-state index contributed by atoms with van der Waals surface area (Å²) in [5.41, 5.74) is 3.56. The zero-order chi connectivity index (χ0) is 20.9. The second-order valence-corrected chi connectivity index (χ2v) is 12.0. The number of fused-ring (bicyclic) bond motifs is 5. The van der Waals surface area contributed by atoms with E-state index >= 15 is 0 Å². The number of hydrogen-bond acceptors (Lipinski definition) is 2. The fourth-order valence-electron chi connectivity index (χ4n) is 7.59. The van der Waals surface area contributed by atoms with Gasteiger partial charge in [-0.15, -0.1) is 0 Å². The van der Waals surface area contributed by atoms with Crippen LogP contribution < -0.4 is 0 Å². The number of carbonyl (C=O) groups is 1. The lowest BCUT2D eigenvalue weighted by Gasteiger charge is -2.57. The number of hydrogen-bond donors (Lipinski definition) is 0. The molecule has 4 aliphatic rings. The fraction of sp³-hybridized carbons (Fsp3) is 0.593. The van der Waals surface area contributed by atoms with Crippen LogP contribution in [0.5, 0.6) is 0 Å². The van der Waals surface area contributed by atoms with E-state index in [0.29, 0.717) is 11.5 Å². The summed E-state index contributed by atoms with van der Waals surface area (Å²) in [6, 6.07) is 9.87. The summed E-state index contributed by atoms with van der Waals surface area (Å²) in [5.74, 6) is 3.26. The molecular weight excluding hydrogens is 388 g/mol. The highest BCUT2D eigenvalue weighted by Gasteiger charge is 2.57. The maximum absolute atomic E-state index is 12.8. The van der Waals surface area contributed by atoms with Crippen LogP contribution in [0.25, 0.3) is 0 Å². The molecule has 3 heteroatoms. The van der Waals surface area contributed by atoms with Crippen LogP contribution in [-0.4, -0.2) is 15.7 Å². The van der Waals surface area contributed by atoms with Crippen LogP contribution in [0.1, 0.15) is 65.2 Å². The Hall–Kier alpha value is -1.48. The quantitative estimate of drug-likeness (QED) is 0.539. The molecule has 0 N–H and O–H groups in total. The Balaban J connectivity index is 1.36. The average molecular weight is 423 g/mol. The first-order valence-corrected chi connectivity index (χ1v) is 13.1. The third-order valence-corrected chi connectivity index (χ3v) is 10.6. The van der Waals surface area contributed by atoms with Gasteiger partial charge in [0.1, 0.15) is 0 Å². The summed E-state index contributed by atoms with van der Waals surface area (Å²) in [4.78, 5) is 13.0. The van der Waals surface area contributed by atoms with Crippen molar-refractivity contribution >= 4 is 16.6 Å². The first-order valence-electron chi connectivity index (χ1n) is 11.8. The Morgan fingerprint density at radius 1 is 0.967 bits per heavy atom. The molecular formula is C27H34O2S. The van der Waals surface area contributed by atoms with Gasteiger partial charge in [-0.05, 0) is 91.7 Å². The number of rotatable bonds is 3. The molecule has 0 bridgehead atoms. The lowest BCUT2D eigenvalue weighted by Crippen LogP contribution is -2.49. The van der Waals surface area contributed by atoms with E-state index in [1.165, 1.54) is 37.7 Å². The van der Waals surface area contributed by atoms with Gasteiger partial charge in [0.05, 0.1) is 10.8 Å². The first kappa shape index (κ1) is 20.4. The van der Waals surface area contributed by atoms with E-state index in [2.05, 4.69) is 19.9 Å². The molecule has 1 unspecified atom stereocenters. The molecule has 0 spiro atoms. The van der Waals surface area contributed by atoms with Crippen molar-refractivity contribution in [3.63, 3.8) is 0 Å². The van der Waals surface area contributed by atoms with Gasteiger partial charge in [-0.2, -0.15) is 0 Å². The van der Waals surface area contributed by atoms with Crippen molar-refractivity contribution in [2.75, 3.05) is 5.75 Å². The largest absolute Gasteiger partial charge is 0.295 e. The maximum Gasteiger partial charge on any atom is 0.155 e. The van der Waals surface area contributed by atoms with Gasteiger partial charge in [0, 0.05) is 17.1 Å². The summed E-state index contributed by atoms with van der Waals surface area (Å²) in [6.45, 7) is 4.95. The van der Waals surface area contributed by atoms with E-state index in [1.54, 1.807) is 5.57 Å². The monoisotopic (exact) mass is 422 g/mol. The zero-order valence-electron chi connectivity index (χ0n) is 18.4. The summed E-state index contributed by atoms with van der Waals surface area (Å²) < 4.78 is 12.8. The number of ketones is 1. The minimum Gasteiger partial charge on any atom is -0.295 e. The Morgan fingerprint density at radius 3 is 2.53 bits per heavy atom. The third-order valence-electron chi connectivity index (χ3n) is 9.30. The predicted octanol–water partition coefficient (Wildman–Crippen LogP) is 6.25. The molecule has 1 aromatic rings. The van der Waals surface area contributed by atoms with Crippen molar-refractivity contribution < 1.29 is 9.00 Å². The molecule has 6 atom stereocenters. The minimum atomic E-state index is -0.949. The Bertz CT molecular complexity index is 929. The van der Waals surface area contributed by atoms with Gasteiger partial charge < -0.3 is 0 Å². The zero-order valence-corrected chi connectivity index (χ0v) is 19.2. The highest BCUT2D eigenvalue weighted by Crippen LogP contribution is 2.66. The normalized spacial score (nSPS) is 40.3. The molecule has 0 aromatic heterocycles. The molecule has 0 amide bonds. The van der Waals surface area contributed by atoms with Crippen LogP contribution >= 0.6 is 0 Å². The molecule has 3 fully saturated rings. The van der Waals surface area contributed by atoms with E-state index in [-0.39, 0.29) is 10.8 Å². The van der Waals surface area contributed by atoms with E-state index in [1.807, 2.05) is 36.4 Å². The Labute approximate surface area is 183 Å².